The van der Waals surface area contributed by atoms with Crippen molar-refractivity contribution in [3.63, 3.8) is 0 Å². The molecule has 1 atom stereocenters. The van der Waals surface area contributed by atoms with Crippen molar-refractivity contribution in [3.05, 3.63) is 29.8 Å². The molecule has 1 aromatic rings. The summed E-state index contributed by atoms with van der Waals surface area (Å²) in [5.41, 5.74) is 0. The predicted molar refractivity (Wildman–Crippen MR) is 73.8 cm³/mol. The zero-order valence-electron chi connectivity index (χ0n) is 11.4. The Morgan fingerprint density at radius 1 is 1.43 bits per heavy atom. The number of rotatable bonds is 6. The zero-order valence-corrected chi connectivity index (χ0v) is 12.2. The molecule has 0 saturated heterocycles. The number of amides is 1. The van der Waals surface area contributed by atoms with Gasteiger partial charge in [0, 0.05) is 10.9 Å². The highest BCUT2D eigenvalue weighted by atomic mass is 32.2. The maximum atomic E-state index is 13.4. The number of thioether (sulfide) groups is 1. The van der Waals surface area contributed by atoms with Crippen LogP contribution in [0.1, 0.15) is 19.8 Å². The second-order valence-electron chi connectivity index (χ2n) is 4.78. The first-order chi connectivity index (χ1) is 9.95. The Balaban J connectivity index is 1.78. The molecule has 0 heterocycles. The summed E-state index contributed by atoms with van der Waals surface area (Å²) >= 11 is 0.828. The molecule has 1 amide bonds. The molecule has 1 aliphatic rings. The van der Waals surface area contributed by atoms with Gasteiger partial charge in [-0.05, 0) is 38.0 Å². The molecular formula is C14H15F2NO3S. The third-order valence-corrected chi connectivity index (χ3v) is 3.84. The van der Waals surface area contributed by atoms with E-state index in [9.17, 15) is 18.4 Å². The van der Waals surface area contributed by atoms with E-state index in [0.29, 0.717) is 0 Å². The van der Waals surface area contributed by atoms with E-state index in [1.165, 1.54) is 6.92 Å². The highest BCUT2D eigenvalue weighted by Gasteiger charge is 2.27. The van der Waals surface area contributed by atoms with Crippen LogP contribution in [0, 0.1) is 11.6 Å². The van der Waals surface area contributed by atoms with Crippen molar-refractivity contribution < 1.29 is 23.1 Å². The van der Waals surface area contributed by atoms with Crippen molar-refractivity contribution in [2.45, 2.75) is 36.8 Å². The summed E-state index contributed by atoms with van der Waals surface area (Å²) in [5.74, 6) is -2.37. The van der Waals surface area contributed by atoms with Gasteiger partial charge in [-0.15, -0.1) is 11.8 Å². The average Bonchev–Trinajstić information content (AvgIpc) is 3.23. The van der Waals surface area contributed by atoms with E-state index in [1.54, 1.807) is 0 Å². The van der Waals surface area contributed by atoms with Crippen molar-refractivity contribution in [3.8, 4) is 0 Å². The number of benzene rings is 1. The SMILES string of the molecule is C[C@H](OC(=O)CSc1cc(F)ccc1F)C(=O)NC1CC1. The predicted octanol–water partition coefficient (Wildman–Crippen LogP) is 2.27. The molecule has 1 fully saturated rings. The average molecular weight is 315 g/mol. The first-order valence-electron chi connectivity index (χ1n) is 6.53. The van der Waals surface area contributed by atoms with Gasteiger partial charge in [0.2, 0.25) is 0 Å². The van der Waals surface area contributed by atoms with Gasteiger partial charge >= 0.3 is 5.97 Å². The second kappa shape index (κ2) is 6.89. The third kappa shape index (κ3) is 5.00. The molecule has 1 N–H and O–H groups in total. The molecule has 0 aliphatic heterocycles. The summed E-state index contributed by atoms with van der Waals surface area (Å²) in [4.78, 5) is 23.2. The number of halogens is 2. The van der Waals surface area contributed by atoms with Gasteiger partial charge in [0.1, 0.15) is 11.6 Å². The lowest BCUT2D eigenvalue weighted by atomic mass is 10.3. The highest BCUT2D eigenvalue weighted by molar-refractivity contribution is 8.00. The van der Waals surface area contributed by atoms with Crippen LogP contribution in [0.4, 0.5) is 8.78 Å². The number of ether oxygens (including phenoxy) is 1. The van der Waals surface area contributed by atoms with Crippen LogP contribution in [0.2, 0.25) is 0 Å². The van der Waals surface area contributed by atoms with Crippen molar-refractivity contribution in [1.29, 1.82) is 0 Å². The van der Waals surface area contributed by atoms with Gasteiger partial charge in [0.05, 0.1) is 5.75 Å². The molecule has 4 nitrogen and oxygen atoms in total. The molecule has 21 heavy (non-hydrogen) atoms. The normalized spacial score (nSPS) is 15.4. The quantitative estimate of drug-likeness (QED) is 0.646. The van der Waals surface area contributed by atoms with E-state index >= 15 is 0 Å². The minimum Gasteiger partial charge on any atom is -0.452 e. The summed E-state index contributed by atoms with van der Waals surface area (Å²) in [6.45, 7) is 1.48. The topological polar surface area (TPSA) is 55.4 Å². The Hall–Kier alpha value is -1.63. The van der Waals surface area contributed by atoms with Crippen LogP contribution in [0.25, 0.3) is 0 Å². The van der Waals surface area contributed by atoms with E-state index < -0.39 is 23.7 Å². The molecule has 0 unspecified atom stereocenters. The fraction of sp³-hybridized carbons (Fsp3) is 0.429. The van der Waals surface area contributed by atoms with E-state index in [4.69, 9.17) is 4.74 Å². The molecule has 0 bridgehead atoms. The summed E-state index contributed by atoms with van der Waals surface area (Å²) in [7, 11) is 0. The number of carbonyl (C=O) groups is 2. The van der Waals surface area contributed by atoms with Gasteiger partial charge in [-0.25, -0.2) is 8.78 Å². The van der Waals surface area contributed by atoms with E-state index in [0.717, 1.165) is 42.8 Å². The molecular weight excluding hydrogens is 300 g/mol. The second-order valence-corrected chi connectivity index (χ2v) is 5.80. The van der Waals surface area contributed by atoms with Crippen LogP contribution in [0.15, 0.2) is 23.1 Å². The molecule has 7 heteroatoms. The molecule has 0 radical (unpaired) electrons. The van der Waals surface area contributed by atoms with Gasteiger partial charge in [-0.3, -0.25) is 9.59 Å². The van der Waals surface area contributed by atoms with E-state index in [2.05, 4.69) is 5.32 Å². The molecule has 2 rings (SSSR count). The number of carbonyl (C=O) groups excluding carboxylic acids is 2. The van der Waals surface area contributed by atoms with Gasteiger partial charge < -0.3 is 10.1 Å². The standard InChI is InChI=1S/C14H15F2NO3S/c1-8(14(19)17-10-3-4-10)20-13(18)7-21-12-6-9(15)2-5-11(12)16/h2,5-6,8,10H,3-4,7H2,1H3,(H,17,19)/t8-/m0/s1. The minimum atomic E-state index is -0.893. The highest BCUT2D eigenvalue weighted by Crippen LogP contribution is 2.23. The van der Waals surface area contributed by atoms with Crippen LogP contribution in [0.3, 0.4) is 0 Å². The fourth-order valence-electron chi connectivity index (χ4n) is 1.56. The smallest absolute Gasteiger partial charge is 0.317 e. The van der Waals surface area contributed by atoms with Crippen LogP contribution < -0.4 is 5.32 Å². The van der Waals surface area contributed by atoms with Crippen molar-refractivity contribution in [2.24, 2.45) is 0 Å². The number of nitrogens with one attached hydrogen (secondary N) is 1. The number of hydrogen-bond acceptors (Lipinski definition) is 4. The lowest BCUT2D eigenvalue weighted by Crippen LogP contribution is -2.37. The van der Waals surface area contributed by atoms with Crippen LogP contribution in [-0.4, -0.2) is 29.8 Å². The Morgan fingerprint density at radius 3 is 2.81 bits per heavy atom. The molecule has 1 saturated carbocycles. The Kier molecular flexibility index (Phi) is 5.17. The number of esters is 1. The largest absolute Gasteiger partial charge is 0.452 e. The molecule has 0 aromatic heterocycles. The third-order valence-electron chi connectivity index (χ3n) is 2.84. The van der Waals surface area contributed by atoms with Crippen LogP contribution in [-0.2, 0) is 14.3 Å². The number of hydrogen-bond donors (Lipinski definition) is 1. The minimum absolute atomic E-state index is 0.0297. The van der Waals surface area contributed by atoms with E-state index in [1.807, 2.05) is 0 Å². The summed E-state index contributed by atoms with van der Waals surface area (Å²) in [6.07, 6.45) is 0.999. The lowest BCUT2D eigenvalue weighted by Gasteiger charge is -2.13. The van der Waals surface area contributed by atoms with Gasteiger partial charge in [0.25, 0.3) is 5.91 Å². The first-order valence-corrected chi connectivity index (χ1v) is 7.52. The molecule has 1 aliphatic carbocycles. The van der Waals surface area contributed by atoms with Gasteiger partial charge in [-0.1, -0.05) is 0 Å². The van der Waals surface area contributed by atoms with Gasteiger partial charge in [0.15, 0.2) is 6.10 Å². The van der Waals surface area contributed by atoms with Crippen LogP contribution in [0.5, 0.6) is 0 Å². The molecule has 114 valence electrons. The van der Waals surface area contributed by atoms with Crippen molar-refractivity contribution in [1.82, 2.24) is 5.32 Å². The summed E-state index contributed by atoms with van der Waals surface area (Å²) < 4.78 is 31.3. The summed E-state index contributed by atoms with van der Waals surface area (Å²) in [6, 6.07) is 3.20. The monoisotopic (exact) mass is 315 g/mol. The van der Waals surface area contributed by atoms with E-state index in [-0.39, 0.29) is 22.6 Å². The van der Waals surface area contributed by atoms with Crippen LogP contribution >= 0.6 is 11.8 Å². The lowest BCUT2D eigenvalue weighted by molar-refractivity contribution is -0.152. The molecule has 0 spiro atoms. The Morgan fingerprint density at radius 2 is 2.14 bits per heavy atom. The molecule has 1 aromatic carbocycles. The Bertz CT molecular complexity index is 549. The maximum Gasteiger partial charge on any atom is 0.317 e. The van der Waals surface area contributed by atoms with Gasteiger partial charge in [-0.2, -0.15) is 0 Å². The zero-order chi connectivity index (χ0) is 15.4. The first kappa shape index (κ1) is 15.8. The Labute approximate surface area is 125 Å². The van der Waals surface area contributed by atoms with Crippen molar-refractivity contribution >= 4 is 23.6 Å². The fourth-order valence-corrected chi connectivity index (χ4v) is 2.30. The summed E-state index contributed by atoms with van der Waals surface area (Å²) in [5, 5.41) is 2.72. The maximum absolute atomic E-state index is 13.4. The van der Waals surface area contributed by atoms with Crippen molar-refractivity contribution in [2.75, 3.05) is 5.75 Å².